The average Bonchev–Trinajstić information content (AvgIpc) is 3.34. The zero-order valence-electron chi connectivity index (χ0n) is 23.0. The third-order valence-electron chi connectivity index (χ3n) is 6.04. The third-order valence-corrected chi connectivity index (χ3v) is 7.26. The van der Waals surface area contributed by atoms with Gasteiger partial charge in [-0.3, -0.25) is 19.9 Å². The van der Waals surface area contributed by atoms with Crippen LogP contribution < -0.4 is 32.1 Å². The Morgan fingerprint density at radius 3 is 2.49 bits per heavy atom. The number of benzene rings is 2. The Kier molecular flexibility index (Phi) is 10.7. The van der Waals surface area contributed by atoms with E-state index < -0.39 is 17.6 Å². The molecule has 0 atom stereocenters. The standard InChI is InChI=1S/C27H31F3IN7O2S/c1-14(2)34-11-18-8-19(10-20(16(18)4)27(28,29)30)36-24(39)17-7-6-15(3)22(9-17)38(32)13-21(33-5)23-12-35-26(41-23)37-25(31)40/h6-10,12-14,33-34H,11,32H2,1-5H3,(H,36,39)(H,35,37,40)/b21-13-. The highest BCUT2D eigenvalue weighted by molar-refractivity contribution is 14.1. The van der Waals surface area contributed by atoms with E-state index in [9.17, 15) is 22.8 Å². The number of hydrogen-bond acceptors (Lipinski definition) is 8. The molecule has 0 fully saturated rings. The number of nitrogens with zero attached hydrogens (tertiary/aromatic N) is 2. The van der Waals surface area contributed by atoms with Crippen molar-refractivity contribution in [1.82, 2.24) is 15.6 Å². The smallest absolute Gasteiger partial charge is 0.386 e. The van der Waals surface area contributed by atoms with Crippen molar-refractivity contribution < 1.29 is 22.8 Å². The zero-order chi connectivity index (χ0) is 30.5. The minimum Gasteiger partial charge on any atom is -0.386 e. The molecule has 220 valence electrons. The van der Waals surface area contributed by atoms with Crippen LogP contribution in [0.4, 0.5) is 34.5 Å². The van der Waals surface area contributed by atoms with Crippen molar-refractivity contribution in [2.75, 3.05) is 22.7 Å². The van der Waals surface area contributed by atoms with Crippen molar-refractivity contribution in [3.63, 3.8) is 0 Å². The first-order valence-electron chi connectivity index (χ1n) is 12.4. The van der Waals surface area contributed by atoms with Crippen LogP contribution in [0.25, 0.3) is 5.70 Å². The number of nitrogens with two attached hydrogens (primary N) is 1. The minimum atomic E-state index is -4.58. The number of carbonyl (C=O) groups is 2. The van der Waals surface area contributed by atoms with Gasteiger partial charge in [0.2, 0.25) is 0 Å². The number of anilines is 3. The third kappa shape index (κ3) is 8.64. The maximum Gasteiger partial charge on any atom is 0.416 e. The van der Waals surface area contributed by atoms with Gasteiger partial charge in [0.15, 0.2) is 5.13 Å². The van der Waals surface area contributed by atoms with Crippen molar-refractivity contribution in [2.24, 2.45) is 5.84 Å². The lowest BCUT2D eigenvalue weighted by atomic mass is 10.00. The Morgan fingerprint density at radius 2 is 1.88 bits per heavy atom. The van der Waals surface area contributed by atoms with E-state index in [2.05, 4.69) is 26.3 Å². The lowest BCUT2D eigenvalue weighted by Crippen LogP contribution is -2.27. The molecule has 3 rings (SSSR count). The number of amides is 2. The Hall–Kier alpha value is -3.21. The molecule has 2 amide bonds. The number of aromatic nitrogens is 1. The Labute approximate surface area is 253 Å². The van der Waals surface area contributed by atoms with Gasteiger partial charge in [-0.2, -0.15) is 13.2 Å². The molecule has 0 aliphatic heterocycles. The molecule has 0 aliphatic carbocycles. The summed E-state index contributed by atoms with van der Waals surface area (Å²) in [4.78, 5) is 29.4. The van der Waals surface area contributed by atoms with Gasteiger partial charge in [0.05, 0.1) is 21.8 Å². The molecule has 0 bridgehead atoms. The summed E-state index contributed by atoms with van der Waals surface area (Å²) in [6.07, 6.45) is -1.38. The lowest BCUT2D eigenvalue weighted by molar-refractivity contribution is -0.138. The first-order valence-corrected chi connectivity index (χ1v) is 14.3. The summed E-state index contributed by atoms with van der Waals surface area (Å²) in [5, 5.41) is 13.1. The quantitative estimate of drug-likeness (QED) is 0.0546. The van der Waals surface area contributed by atoms with E-state index >= 15 is 0 Å². The highest BCUT2D eigenvalue weighted by atomic mass is 127. The fourth-order valence-corrected chi connectivity index (χ4v) is 5.14. The summed E-state index contributed by atoms with van der Waals surface area (Å²) in [7, 11) is 1.70. The van der Waals surface area contributed by atoms with Crippen molar-refractivity contribution in [3.05, 3.63) is 75.4 Å². The Bertz CT molecular complexity index is 1460. The highest BCUT2D eigenvalue weighted by Gasteiger charge is 2.34. The molecular formula is C27H31F3IN7O2S. The van der Waals surface area contributed by atoms with Crippen LogP contribution in [0.5, 0.6) is 0 Å². The van der Waals surface area contributed by atoms with Crippen LogP contribution in [0.3, 0.4) is 0 Å². The van der Waals surface area contributed by atoms with Gasteiger partial charge in [0, 0.05) is 65.9 Å². The number of halogens is 4. The fourth-order valence-electron chi connectivity index (χ4n) is 3.87. The topological polar surface area (TPSA) is 124 Å². The molecule has 1 heterocycles. The molecule has 0 spiro atoms. The van der Waals surface area contributed by atoms with E-state index in [1.165, 1.54) is 23.3 Å². The zero-order valence-corrected chi connectivity index (χ0v) is 26.0. The molecule has 3 aromatic rings. The summed E-state index contributed by atoms with van der Waals surface area (Å²) >= 11 is 2.86. The number of nitrogens with one attached hydrogen (secondary N) is 4. The molecular weight excluding hydrogens is 670 g/mol. The van der Waals surface area contributed by atoms with E-state index in [1.807, 2.05) is 20.8 Å². The van der Waals surface area contributed by atoms with Crippen molar-refractivity contribution >= 4 is 66.0 Å². The van der Waals surface area contributed by atoms with Crippen LogP contribution in [0.2, 0.25) is 0 Å². The van der Waals surface area contributed by atoms with Gasteiger partial charge >= 0.3 is 6.18 Å². The summed E-state index contributed by atoms with van der Waals surface area (Å²) in [6.45, 7) is 7.26. The summed E-state index contributed by atoms with van der Waals surface area (Å²) in [5.74, 6) is 5.76. The van der Waals surface area contributed by atoms with Crippen LogP contribution in [0.15, 0.2) is 42.7 Å². The molecule has 9 nitrogen and oxygen atoms in total. The van der Waals surface area contributed by atoms with Crippen LogP contribution in [-0.4, -0.2) is 27.9 Å². The Balaban J connectivity index is 1.89. The minimum absolute atomic E-state index is 0.0390. The lowest BCUT2D eigenvalue weighted by Gasteiger charge is -2.20. The number of hydrazine groups is 1. The predicted octanol–water partition coefficient (Wildman–Crippen LogP) is 6.39. The second-order valence-electron chi connectivity index (χ2n) is 9.43. The van der Waals surface area contributed by atoms with E-state index in [0.29, 0.717) is 27.0 Å². The second-order valence-corrected chi connectivity index (χ2v) is 11.4. The number of thiazole rings is 1. The number of rotatable bonds is 10. The molecule has 14 heteroatoms. The van der Waals surface area contributed by atoms with Gasteiger partial charge in [-0.15, -0.1) is 0 Å². The van der Waals surface area contributed by atoms with E-state index in [1.54, 1.807) is 66.3 Å². The molecule has 0 saturated heterocycles. The molecule has 0 radical (unpaired) electrons. The molecule has 6 N–H and O–H groups in total. The summed E-state index contributed by atoms with van der Waals surface area (Å²) in [5.41, 5.74) is 1.86. The van der Waals surface area contributed by atoms with E-state index in [-0.39, 0.29) is 33.3 Å². The van der Waals surface area contributed by atoms with Crippen LogP contribution in [0, 0.1) is 13.8 Å². The van der Waals surface area contributed by atoms with Crippen LogP contribution in [-0.2, 0) is 12.7 Å². The molecule has 41 heavy (non-hydrogen) atoms. The first-order chi connectivity index (χ1) is 19.2. The summed E-state index contributed by atoms with van der Waals surface area (Å²) < 4.78 is 41.1. The molecule has 0 unspecified atom stereocenters. The first kappa shape index (κ1) is 32.3. The molecule has 1 aromatic heterocycles. The summed E-state index contributed by atoms with van der Waals surface area (Å²) in [6, 6.07) is 7.40. The molecule has 2 aromatic carbocycles. The average molecular weight is 702 g/mol. The normalized spacial score (nSPS) is 11.9. The van der Waals surface area contributed by atoms with Crippen molar-refractivity contribution in [1.29, 1.82) is 0 Å². The van der Waals surface area contributed by atoms with Crippen LogP contribution in [0.1, 0.15) is 51.3 Å². The van der Waals surface area contributed by atoms with E-state index in [4.69, 9.17) is 5.84 Å². The number of carbonyl (C=O) groups excluding carboxylic acids is 2. The predicted molar refractivity (Wildman–Crippen MR) is 166 cm³/mol. The van der Waals surface area contributed by atoms with Gasteiger partial charge in [-0.05, 0) is 54.8 Å². The van der Waals surface area contributed by atoms with Gasteiger partial charge < -0.3 is 16.0 Å². The monoisotopic (exact) mass is 701 g/mol. The Morgan fingerprint density at radius 1 is 1.17 bits per heavy atom. The second kappa shape index (κ2) is 13.6. The largest absolute Gasteiger partial charge is 0.416 e. The van der Waals surface area contributed by atoms with Crippen molar-refractivity contribution in [3.8, 4) is 0 Å². The van der Waals surface area contributed by atoms with Gasteiger partial charge in [-0.1, -0.05) is 31.3 Å². The molecule has 0 saturated carbocycles. The van der Waals surface area contributed by atoms with Gasteiger partial charge in [0.25, 0.3) is 9.82 Å². The highest BCUT2D eigenvalue weighted by Crippen LogP contribution is 2.35. The fraction of sp³-hybridized carbons (Fsp3) is 0.296. The maximum absolute atomic E-state index is 13.8. The number of alkyl halides is 3. The van der Waals surface area contributed by atoms with Crippen molar-refractivity contribution in [2.45, 2.75) is 46.5 Å². The SMILES string of the molecule is CN/C(=C\N(N)c1cc(C(=O)Nc2cc(CNC(C)C)c(C)c(C(F)(F)F)c2)ccc1C)c1cnc(NC(=O)I)s1. The van der Waals surface area contributed by atoms with Crippen LogP contribution >= 0.6 is 33.9 Å². The number of hydrogen-bond donors (Lipinski definition) is 5. The van der Waals surface area contributed by atoms with E-state index in [0.717, 1.165) is 11.6 Å². The van der Waals surface area contributed by atoms with Gasteiger partial charge in [0.1, 0.15) is 0 Å². The van der Waals surface area contributed by atoms with Gasteiger partial charge in [-0.25, -0.2) is 10.8 Å². The maximum atomic E-state index is 13.8. The number of aryl methyl sites for hydroxylation is 1. The molecule has 0 aliphatic rings.